The zero-order chi connectivity index (χ0) is 13.9. The summed E-state index contributed by atoms with van der Waals surface area (Å²) in [5, 5.41) is 6.49. The summed E-state index contributed by atoms with van der Waals surface area (Å²) in [6.45, 7) is 5.81. The van der Waals surface area contributed by atoms with Crippen molar-refractivity contribution in [3.8, 4) is 0 Å². The van der Waals surface area contributed by atoms with Gasteiger partial charge in [-0.1, -0.05) is 0 Å². The summed E-state index contributed by atoms with van der Waals surface area (Å²) >= 11 is 0. The van der Waals surface area contributed by atoms with Crippen LogP contribution in [0.25, 0.3) is 0 Å². The summed E-state index contributed by atoms with van der Waals surface area (Å²) in [6, 6.07) is 1.10. The molecule has 0 aromatic carbocycles. The van der Waals surface area contributed by atoms with E-state index in [0.717, 1.165) is 24.5 Å². The molecule has 3 aliphatic heterocycles. The van der Waals surface area contributed by atoms with Gasteiger partial charge in [-0.25, -0.2) is 9.97 Å². The van der Waals surface area contributed by atoms with Crippen molar-refractivity contribution in [3.05, 3.63) is 11.9 Å². The van der Waals surface area contributed by atoms with Crippen molar-refractivity contribution < 1.29 is 4.79 Å². The first-order chi connectivity index (χ1) is 9.55. The number of nitrogens with zero attached hydrogens (tertiary/aromatic N) is 3. The molecule has 2 fully saturated rings. The highest BCUT2D eigenvalue weighted by molar-refractivity contribution is 6.06. The Morgan fingerprint density at radius 3 is 2.65 bits per heavy atom. The van der Waals surface area contributed by atoms with Gasteiger partial charge in [-0.05, 0) is 26.7 Å². The van der Waals surface area contributed by atoms with Crippen molar-refractivity contribution in [3.63, 3.8) is 0 Å². The number of hydrogen-bond acceptors (Lipinski definition) is 5. The van der Waals surface area contributed by atoms with Crippen LogP contribution in [-0.4, -0.2) is 41.0 Å². The lowest BCUT2D eigenvalue weighted by atomic mass is 9.87. The van der Waals surface area contributed by atoms with E-state index >= 15 is 0 Å². The Bertz CT molecular complexity index is 573. The van der Waals surface area contributed by atoms with Crippen LogP contribution in [0, 0.1) is 0 Å². The summed E-state index contributed by atoms with van der Waals surface area (Å²) in [5.41, 5.74) is 0.391. The van der Waals surface area contributed by atoms with Crippen molar-refractivity contribution in [2.24, 2.45) is 0 Å². The normalized spacial score (nSPS) is 30.3. The Hall–Kier alpha value is -1.69. The average Bonchev–Trinajstić information content (AvgIpc) is 2.87. The molecule has 20 heavy (non-hydrogen) atoms. The fourth-order valence-corrected chi connectivity index (χ4v) is 3.63. The van der Waals surface area contributed by atoms with Crippen LogP contribution in [0.4, 0.5) is 11.6 Å². The molecule has 6 nitrogen and oxygen atoms in total. The number of carbonyl (C=O) groups excluding carboxylic acids is 1. The molecule has 2 N–H and O–H groups in total. The highest BCUT2D eigenvalue weighted by atomic mass is 16.2. The summed E-state index contributed by atoms with van der Waals surface area (Å²) in [7, 11) is 0. The molecular formula is C14H19N5O. The van der Waals surface area contributed by atoms with Crippen LogP contribution in [0.15, 0.2) is 6.33 Å². The van der Waals surface area contributed by atoms with E-state index < -0.39 is 5.41 Å². The summed E-state index contributed by atoms with van der Waals surface area (Å²) < 4.78 is 0. The van der Waals surface area contributed by atoms with Gasteiger partial charge >= 0.3 is 0 Å². The molecule has 1 aromatic heterocycles. The van der Waals surface area contributed by atoms with E-state index in [4.69, 9.17) is 0 Å². The molecule has 3 aliphatic rings. The minimum atomic E-state index is -0.560. The van der Waals surface area contributed by atoms with Gasteiger partial charge in [-0.15, -0.1) is 0 Å². The van der Waals surface area contributed by atoms with E-state index in [2.05, 4.69) is 25.5 Å². The highest BCUT2D eigenvalue weighted by Crippen LogP contribution is 2.41. The molecule has 0 saturated carbocycles. The van der Waals surface area contributed by atoms with E-state index in [0.29, 0.717) is 17.9 Å². The van der Waals surface area contributed by atoms with Crippen molar-refractivity contribution >= 4 is 17.5 Å². The van der Waals surface area contributed by atoms with Gasteiger partial charge in [0.25, 0.3) is 0 Å². The second kappa shape index (κ2) is 3.91. The molecule has 1 aromatic rings. The Morgan fingerprint density at radius 1 is 1.25 bits per heavy atom. The van der Waals surface area contributed by atoms with Gasteiger partial charge in [0, 0.05) is 25.2 Å². The fourth-order valence-electron chi connectivity index (χ4n) is 3.63. The minimum Gasteiger partial charge on any atom is -0.353 e. The van der Waals surface area contributed by atoms with Crippen LogP contribution in [-0.2, 0) is 10.2 Å². The summed E-state index contributed by atoms with van der Waals surface area (Å²) in [5.74, 6) is 1.61. The fraction of sp³-hybridized carbons (Fsp3) is 0.643. The van der Waals surface area contributed by atoms with Crippen LogP contribution >= 0.6 is 0 Å². The number of fused-ring (bicyclic) bond motifs is 3. The van der Waals surface area contributed by atoms with Crippen molar-refractivity contribution in [1.29, 1.82) is 0 Å². The van der Waals surface area contributed by atoms with E-state index in [1.807, 2.05) is 13.8 Å². The topological polar surface area (TPSA) is 70.2 Å². The second-order valence-corrected chi connectivity index (χ2v) is 6.54. The smallest absolute Gasteiger partial charge is 0.235 e. The standard InChI is InChI=1S/C14H19N5O/c1-14(2)10-11(18-13(14)20)15-7-16-12(10)19-5-8-3-4-9(6-19)17-8/h7-9,17H,3-6H2,1-2H3,(H,15,16,18,20)/t8-,9+. The maximum atomic E-state index is 12.1. The second-order valence-electron chi connectivity index (χ2n) is 6.54. The third kappa shape index (κ3) is 1.57. The lowest BCUT2D eigenvalue weighted by Gasteiger charge is -2.35. The minimum absolute atomic E-state index is 0.00681. The number of nitrogens with one attached hydrogen (secondary N) is 2. The number of hydrogen-bond donors (Lipinski definition) is 2. The molecular weight excluding hydrogens is 254 g/mol. The molecule has 2 atom stereocenters. The molecule has 2 saturated heterocycles. The number of piperazine rings is 1. The largest absolute Gasteiger partial charge is 0.353 e. The van der Waals surface area contributed by atoms with Gasteiger partial charge < -0.3 is 15.5 Å². The Kier molecular flexibility index (Phi) is 2.36. The summed E-state index contributed by atoms with van der Waals surface area (Å²) in [6.07, 6.45) is 4.02. The van der Waals surface area contributed by atoms with E-state index in [9.17, 15) is 4.79 Å². The molecule has 6 heteroatoms. The van der Waals surface area contributed by atoms with Gasteiger partial charge in [0.1, 0.15) is 18.0 Å². The van der Waals surface area contributed by atoms with E-state index in [1.165, 1.54) is 12.8 Å². The van der Waals surface area contributed by atoms with Gasteiger partial charge in [0.15, 0.2) is 0 Å². The predicted octanol–water partition coefficient (Wildman–Crippen LogP) is 0.647. The van der Waals surface area contributed by atoms with Crippen molar-refractivity contribution in [1.82, 2.24) is 15.3 Å². The predicted molar refractivity (Wildman–Crippen MR) is 75.8 cm³/mol. The summed E-state index contributed by atoms with van der Waals surface area (Å²) in [4.78, 5) is 23.2. The molecule has 106 valence electrons. The molecule has 2 bridgehead atoms. The van der Waals surface area contributed by atoms with Crippen molar-refractivity contribution in [2.75, 3.05) is 23.3 Å². The van der Waals surface area contributed by atoms with E-state index in [1.54, 1.807) is 6.33 Å². The molecule has 4 rings (SSSR count). The molecule has 0 aliphatic carbocycles. The Balaban J connectivity index is 1.77. The maximum absolute atomic E-state index is 12.1. The average molecular weight is 273 g/mol. The molecule has 0 spiro atoms. The Labute approximate surface area is 118 Å². The number of rotatable bonds is 1. The van der Waals surface area contributed by atoms with E-state index in [-0.39, 0.29) is 5.91 Å². The number of carbonyl (C=O) groups is 1. The van der Waals surface area contributed by atoms with Gasteiger partial charge in [-0.3, -0.25) is 4.79 Å². The zero-order valence-electron chi connectivity index (χ0n) is 11.8. The molecule has 1 amide bonds. The van der Waals surface area contributed by atoms with Crippen LogP contribution in [0.3, 0.4) is 0 Å². The van der Waals surface area contributed by atoms with Crippen LogP contribution in [0.1, 0.15) is 32.3 Å². The van der Waals surface area contributed by atoms with Gasteiger partial charge in [-0.2, -0.15) is 0 Å². The number of aromatic nitrogens is 2. The van der Waals surface area contributed by atoms with Crippen LogP contribution in [0.2, 0.25) is 0 Å². The lowest BCUT2D eigenvalue weighted by Crippen LogP contribution is -2.52. The first-order valence-corrected chi connectivity index (χ1v) is 7.23. The highest BCUT2D eigenvalue weighted by Gasteiger charge is 2.44. The van der Waals surface area contributed by atoms with Crippen molar-refractivity contribution in [2.45, 2.75) is 44.2 Å². The monoisotopic (exact) mass is 273 g/mol. The molecule has 0 unspecified atom stereocenters. The molecule has 4 heterocycles. The third-order valence-corrected chi connectivity index (χ3v) is 4.77. The molecule has 0 radical (unpaired) electrons. The first kappa shape index (κ1) is 12.1. The first-order valence-electron chi connectivity index (χ1n) is 7.23. The Morgan fingerprint density at radius 2 is 1.95 bits per heavy atom. The lowest BCUT2D eigenvalue weighted by molar-refractivity contribution is -0.119. The maximum Gasteiger partial charge on any atom is 0.235 e. The van der Waals surface area contributed by atoms with Gasteiger partial charge in [0.05, 0.1) is 11.0 Å². The van der Waals surface area contributed by atoms with Crippen LogP contribution in [0.5, 0.6) is 0 Å². The van der Waals surface area contributed by atoms with Crippen LogP contribution < -0.4 is 15.5 Å². The quantitative estimate of drug-likeness (QED) is 0.786. The third-order valence-electron chi connectivity index (χ3n) is 4.77. The zero-order valence-corrected chi connectivity index (χ0v) is 11.8. The van der Waals surface area contributed by atoms with Gasteiger partial charge in [0.2, 0.25) is 5.91 Å². The number of amides is 1. The number of anilines is 2. The SMILES string of the molecule is CC1(C)C(=O)Nc2ncnc(N3C[C@H]4CC[C@@H](C3)N4)c21.